The molecule has 0 aliphatic carbocycles. The van der Waals surface area contributed by atoms with E-state index < -0.39 is 0 Å². The Balaban J connectivity index is 4.04. The van der Waals surface area contributed by atoms with Crippen molar-refractivity contribution >= 4 is 0 Å². The smallest absolute Gasteiger partial charge is 0.0238 e. The van der Waals surface area contributed by atoms with Crippen molar-refractivity contribution in [2.24, 2.45) is 17.7 Å². The van der Waals surface area contributed by atoms with Crippen molar-refractivity contribution in [1.82, 2.24) is 5.43 Å². The monoisotopic (exact) mass is 228 g/mol. The third kappa shape index (κ3) is 6.49. The zero-order valence-corrected chi connectivity index (χ0v) is 11.8. The van der Waals surface area contributed by atoms with E-state index in [0.29, 0.717) is 12.0 Å². The van der Waals surface area contributed by atoms with Gasteiger partial charge in [0.1, 0.15) is 0 Å². The van der Waals surface area contributed by atoms with E-state index in [9.17, 15) is 0 Å². The Morgan fingerprint density at radius 3 is 2.19 bits per heavy atom. The van der Waals surface area contributed by atoms with Crippen LogP contribution in [0.1, 0.15) is 72.6 Å². The third-order valence-electron chi connectivity index (χ3n) is 3.78. The van der Waals surface area contributed by atoms with Crippen LogP contribution in [0.3, 0.4) is 0 Å². The van der Waals surface area contributed by atoms with Crippen molar-refractivity contribution in [2.75, 3.05) is 0 Å². The summed E-state index contributed by atoms with van der Waals surface area (Å²) in [5.41, 5.74) is 3.03. The van der Waals surface area contributed by atoms with Crippen LogP contribution in [-0.2, 0) is 0 Å². The fourth-order valence-electron chi connectivity index (χ4n) is 2.46. The molecule has 0 saturated heterocycles. The van der Waals surface area contributed by atoms with Crippen LogP contribution in [0.4, 0.5) is 0 Å². The second kappa shape index (κ2) is 10.1. The Kier molecular flexibility index (Phi) is 10.0. The number of unbranched alkanes of at least 4 members (excludes halogenated alkanes) is 1. The summed E-state index contributed by atoms with van der Waals surface area (Å²) >= 11 is 0. The Hall–Kier alpha value is -0.0800. The highest BCUT2D eigenvalue weighted by Gasteiger charge is 2.19. The fourth-order valence-corrected chi connectivity index (χ4v) is 2.46. The molecular formula is C14H32N2. The van der Waals surface area contributed by atoms with E-state index in [0.717, 1.165) is 5.92 Å². The molecule has 16 heavy (non-hydrogen) atoms. The van der Waals surface area contributed by atoms with E-state index in [-0.39, 0.29) is 0 Å². The second-order valence-electron chi connectivity index (χ2n) is 5.19. The Bertz CT molecular complexity index is 148. The first-order valence-electron chi connectivity index (χ1n) is 7.15. The van der Waals surface area contributed by atoms with Crippen molar-refractivity contribution < 1.29 is 0 Å². The molecule has 0 radical (unpaired) electrons. The quantitative estimate of drug-likeness (QED) is 0.440. The number of hydrogen-bond donors (Lipinski definition) is 2. The lowest BCUT2D eigenvalue weighted by Gasteiger charge is -2.27. The van der Waals surface area contributed by atoms with Gasteiger partial charge in [-0.2, -0.15) is 0 Å². The summed E-state index contributed by atoms with van der Waals surface area (Å²) in [5, 5.41) is 0. The van der Waals surface area contributed by atoms with E-state index in [2.05, 4.69) is 33.1 Å². The molecule has 0 amide bonds. The summed E-state index contributed by atoms with van der Waals surface area (Å²) in [7, 11) is 0. The van der Waals surface area contributed by atoms with E-state index in [1.165, 1.54) is 44.9 Å². The van der Waals surface area contributed by atoms with Gasteiger partial charge >= 0.3 is 0 Å². The molecule has 0 fully saturated rings. The first-order valence-corrected chi connectivity index (χ1v) is 7.15. The molecule has 2 nitrogen and oxygen atoms in total. The number of nitrogens with one attached hydrogen (secondary N) is 1. The van der Waals surface area contributed by atoms with Gasteiger partial charge in [-0.3, -0.25) is 11.3 Å². The van der Waals surface area contributed by atoms with Crippen LogP contribution in [0.15, 0.2) is 0 Å². The van der Waals surface area contributed by atoms with Crippen molar-refractivity contribution in [3.63, 3.8) is 0 Å². The maximum Gasteiger partial charge on any atom is 0.0238 e. The van der Waals surface area contributed by atoms with Gasteiger partial charge in [0.15, 0.2) is 0 Å². The van der Waals surface area contributed by atoms with Gasteiger partial charge in [-0.1, -0.05) is 59.8 Å². The normalized spacial score (nSPS) is 17.1. The van der Waals surface area contributed by atoms with Crippen LogP contribution in [0.5, 0.6) is 0 Å². The summed E-state index contributed by atoms with van der Waals surface area (Å²) in [6, 6.07) is 0.502. The SMILES string of the molecule is CCCCC(CC)CC(NN)C(C)CCC. The third-order valence-corrected chi connectivity index (χ3v) is 3.78. The molecule has 0 saturated carbocycles. The van der Waals surface area contributed by atoms with Gasteiger partial charge in [-0.05, 0) is 24.7 Å². The van der Waals surface area contributed by atoms with Crippen molar-refractivity contribution in [3.8, 4) is 0 Å². The first-order chi connectivity index (χ1) is 7.69. The molecule has 3 atom stereocenters. The van der Waals surface area contributed by atoms with Gasteiger partial charge in [0.2, 0.25) is 0 Å². The topological polar surface area (TPSA) is 38.0 Å². The van der Waals surface area contributed by atoms with Gasteiger partial charge in [0.25, 0.3) is 0 Å². The molecule has 0 spiro atoms. The van der Waals surface area contributed by atoms with Crippen molar-refractivity contribution in [2.45, 2.75) is 78.7 Å². The molecule has 3 N–H and O–H groups in total. The van der Waals surface area contributed by atoms with Crippen LogP contribution in [0.2, 0.25) is 0 Å². The fraction of sp³-hybridized carbons (Fsp3) is 1.00. The Labute approximate surface area is 102 Å². The van der Waals surface area contributed by atoms with E-state index >= 15 is 0 Å². The summed E-state index contributed by atoms with van der Waals surface area (Å²) in [4.78, 5) is 0. The lowest BCUT2D eigenvalue weighted by atomic mass is 9.86. The molecule has 2 heteroatoms. The highest BCUT2D eigenvalue weighted by molar-refractivity contribution is 4.74. The van der Waals surface area contributed by atoms with E-state index in [1.807, 2.05) is 0 Å². The molecule has 0 heterocycles. The van der Waals surface area contributed by atoms with Crippen LogP contribution in [0.25, 0.3) is 0 Å². The lowest BCUT2D eigenvalue weighted by molar-refractivity contribution is 0.278. The van der Waals surface area contributed by atoms with Crippen LogP contribution < -0.4 is 11.3 Å². The molecule has 0 aromatic rings. The maximum absolute atomic E-state index is 5.69. The minimum Gasteiger partial charge on any atom is -0.271 e. The van der Waals surface area contributed by atoms with Crippen LogP contribution in [0, 0.1) is 11.8 Å². The maximum atomic E-state index is 5.69. The minimum atomic E-state index is 0.502. The van der Waals surface area contributed by atoms with E-state index in [4.69, 9.17) is 5.84 Å². The molecule has 98 valence electrons. The zero-order chi connectivity index (χ0) is 12.4. The summed E-state index contributed by atoms with van der Waals surface area (Å²) in [6.07, 6.45) is 9.10. The number of hydrogen-bond acceptors (Lipinski definition) is 2. The average molecular weight is 228 g/mol. The molecule has 0 aromatic carbocycles. The van der Waals surface area contributed by atoms with Crippen molar-refractivity contribution in [1.29, 1.82) is 0 Å². The largest absolute Gasteiger partial charge is 0.271 e. The first kappa shape index (κ1) is 15.9. The highest BCUT2D eigenvalue weighted by atomic mass is 15.2. The Morgan fingerprint density at radius 1 is 1.06 bits per heavy atom. The predicted molar refractivity (Wildman–Crippen MR) is 73.1 cm³/mol. The standard InChI is InChI=1S/C14H32N2/c1-5-8-10-13(7-3)11-14(16-15)12(4)9-6-2/h12-14,16H,5-11,15H2,1-4H3. The minimum absolute atomic E-state index is 0.502. The van der Waals surface area contributed by atoms with Gasteiger partial charge in [0.05, 0.1) is 0 Å². The molecule has 0 rings (SSSR count). The van der Waals surface area contributed by atoms with Gasteiger partial charge in [-0.25, -0.2) is 0 Å². The van der Waals surface area contributed by atoms with Gasteiger partial charge in [0, 0.05) is 6.04 Å². The second-order valence-corrected chi connectivity index (χ2v) is 5.19. The number of nitrogens with two attached hydrogens (primary N) is 1. The molecule has 0 aliphatic rings. The lowest BCUT2D eigenvalue weighted by Crippen LogP contribution is -2.41. The van der Waals surface area contributed by atoms with Gasteiger partial charge in [-0.15, -0.1) is 0 Å². The highest BCUT2D eigenvalue weighted by Crippen LogP contribution is 2.23. The average Bonchev–Trinajstić information content (AvgIpc) is 2.30. The predicted octanol–water partition coefficient (Wildman–Crippen LogP) is 3.86. The van der Waals surface area contributed by atoms with Crippen LogP contribution in [-0.4, -0.2) is 6.04 Å². The molecule has 3 unspecified atom stereocenters. The van der Waals surface area contributed by atoms with E-state index in [1.54, 1.807) is 0 Å². The number of rotatable bonds is 10. The zero-order valence-electron chi connectivity index (χ0n) is 11.8. The summed E-state index contributed by atoms with van der Waals surface area (Å²) < 4.78 is 0. The molecular weight excluding hydrogens is 196 g/mol. The molecule has 0 aromatic heterocycles. The summed E-state index contributed by atoms with van der Waals surface area (Å²) in [6.45, 7) is 9.14. The van der Waals surface area contributed by atoms with Crippen LogP contribution >= 0.6 is 0 Å². The van der Waals surface area contributed by atoms with Crippen molar-refractivity contribution in [3.05, 3.63) is 0 Å². The number of hydrazine groups is 1. The molecule has 0 bridgehead atoms. The Morgan fingerprint density at radius 2 is 1.75 bits per heavy atom. The van der Waals surface area contributed by atoms with Gasteiger partial charge < -0.3 is 0 Å². The summed E-state index contributed by atoms with van der Waals surface area (Å²) in [5.74, 6) is 7.23. The molecule has 0 aliphatic heterocycles.